The van der Waals surface area contributed by atoms with E-state index >= 15 is 0 Å². The van der Waals surface area contributed by atoms with Crippen molar-refractivity contribution in [3.05, 3.63) is 87.2 Å². The zero-order valence-corrected chi connectivity index (χ0v) is 20.0. The van der Waals surface area contributed by atoms with Crippen LogP contribution in [0.3, 0.4) is 0 Å². The number of nitrogens with zero attached hydrogens (tertiary/aromatic N) is 2. The molecule has 1 aromatic heterocycles. The summed E-state index contributed by atoms with van der Waals surface area (Å²) in [6, 6.07) is 15.4. The van der Waals surface area contributed by atoms with Gasteiger partial charge in [-0.3, -0.25) is 19.8 Å². The van der Waals surface area contributed by atoms with Gasteiger partial charge in [0.2, 0.25) is 0 Å². The molecule has 1 fully saturated rings. The zero-order valence-electron chi connectivity index (χ0n) is 17.6. The maximum Gasteiger partial charge on any atom is 0.335 e. The second-order valence-corrected chi connectivity index (χ2v) is 8.75. The first kappa shape index (κ1) is 22.6. The molecule has 33 heavy (non-hydrogen) atoms. The SMILES string of the molecule is Cc1cc(/C=C2\C(=O)NC(=S)N(c3ccc(C(=O)O)cc3)C2=O)c(C)n1-c1cccc(Br)c1. The summed E-state index contributed by atoms with van der Waals surface area (Å²) in [4.78, 5) is 38.2. The average Bonchev–Trinajstić information content (AvgIpc) is 3.04. The van der Waals surface area contributed by atoms with E-state index in [1.165, 1.54) is 29.2 Å². The third-order valence-corrected chi connectivity index (χ3v) is 6.09. The quantitative estimate of drug-likeness (QED) is 0.300. The summed E-state index contributed by atoms with van der Waals surface area (Å²) in [7, 11) is 0. The van der Waals surface area contributed by atoms with Crippen molar-refractivity contribution in [3.63, 3.8) is 0 Å². The first-order chi connectivity index (χ1) is 15.7. The number of thiocarbonyl (C=S) groups is 1. The van der Waals surface area contributed by atoms with Crippen molar-refractivity contribution in [2.45, 2.75) is 13.8 Å². The number of amides is 2. The molecule has 0 aliphatic carbocycles. The maximum absolute atomic E-state index is 13.3. The number of rotatable bonds is 4. The number of aromatic nitrogens is 1. The van der Waals surface area contributed by atoms with Crippen LogP contribution in [0.15, 0.2) is 64.6 Å². The van der Waals surface area contributed by atoms with Crippen molar-refractivity contribution in [2.75, 3.05) is 4.90 Å². The van der Waals surface area contributed by atoms with E-state index < -0.39 is 17.8 Å². The Labute approximate surface area is 203 Å². The second kappa shape index (κ2) is 8.76. The molecular weight excluding hydrogens is 506 g/mol. The van der Waals surface area contributed by atoms with Gasteiger partial charge in [-0.1, -0.05) is 22.0 Å². The largest absolute Gasteiger partial charge is 0.478 e. The fourth-order valence-corrected chi connectivity index (χ4v) is 4.41. The third-order valence-electron chi connectivity index (χ3n) is 5.31. The van der Waals surface area contributed by atoms with Crippen LogP contribution in [0.4, 0.5) is 5.69 Å². The van der Waals surface area contributed by atoms with Crippen LogP contribution in [0.5, 0.6) is 0 Å². The number of halogens is 1. The Morgan fingerprint density at radius 3 is 2.39 bits per heavy atom. The first-order valence-corrected chi connectivity index (χ1v) is 11.1. The maximum atomic E-state index is 13.3. The lowest BCUT2D eigenvalue weighted by atomic mass is 10.1. The summed E-state index contributed by atoms with van der Waals surface area (Å²) in [6.45, 7) is 3.86. The highest BCUT2D eigenvalue weighted by Gasteiger charge is 2.34. The van der Waals surface area contributed by atoms with E-state index in [4.69, 9.17) is 17.3 Å². The van der Waals surface area contributed by atoms with Gasteiger partial charge >= 0.3 is 5.97 Å². The molecular formula is C24H18BrN3O4S. The number of aryl methyl sites for hydroxylation is 1. The van der Waals surface area contributed by atoms with Gasteiger partial charge < -0.3 is 9.67 Å². The van der Waals surface area contributed by atoms with Gasteiger partial charge in [0.1, 0.15) is 5.57 Å². The van der Waals surface area contributed by atoms with Crippen molar-refractivity contribution >= 4 is 62.8 Å². The van der Waals surface area contributed by atoms with E-state index in [2.05, 4.69) is 21.2 Å². The Kier molecular flexibility index (Phi) is 6.01. The van der Waals surface area contributed by atoms with Gasteiger partial charge in [-0.25, -0.2) is 4.79 Å². The number of nitrogens with one attached hydrogen (secondary N) is 1. The van der Waals surface area contributed by atoms with Crippen LogP contribution in [0.2, 0.25) is 0 Å². The molecule has 9 heteroatoms. The average molecular weight is 524 g/mol. The summed E-state index contributed by atoms with van der Waals surface area (Å²) in [5, 5.41) is 11.6. The number of hydrogen-bond donors (Lipinski definition) is 2. The summed E-state index contributed by atoms with van der Waals surface area (Å²) in [5.41, 5.74) is 3.85. The van der Waals surface area contributed by atoms with Gasteiger partial charge in [-0.2, -0.15) is 0 Å². The third kappa shape index (κ3) is 4.24. The van der Waals surface area contributed by atoms with E-state index in [9.17, 15) is 14.4 Å². The van der Waals surface area contributed by atoms with Gasteiger partial charge in [0.05, 0.1) is 11.3 Å². The molecule has 0 saturated carbocycles. The molecule has 3 aromatic rings. The van der Waals surface area contributed by atoms with E-state index in [1.807, 2.05) is 48.7 Å². The monoisotopic (exact) mass is 523 g/mol. The molecule has 0 bridgehead atoms. The molecule has 1 aliphatic rings. The fourth-order valence-electron chi connectivity index (χ4n) is 3.75. The van der Waals surface area contributed by atoms with Crippen molar-refractivity contribution in [2.24, 2.45) is 0 Å². The highest BCUT2D eigenvalue weighted by atomic mass is 79.9. The lowest BCUT2D eigenvalue weighted by molar-refractivity contribution is -0.122. The number of benzene rings is 2. The molecule has 1 saturated heterocycles. The first-order valence-electron chi connectivity index (χ1n) is 9.87. The minimum Gasteiger partial charge on any atom is -0.478 e. The predicted molar refractivity (Wildman–Crippen MR) is 133 cm³/mol. The van der Waals surface area contributed by atoms with E-state index in [-0.39, 0.29) is 16.2 Å². The second-order valence-electron chi connectivity index (χ2n) is 7.45. The molecule has 2 aromatic carbocycles. The summed E-state index contributed by atoms with van der Waals surface area (Å²) >= 11 is 8.70. The number of anilines is 1. The molecule has 2 heterocycles. The van der Waals surface area contributed by atoms with E-state index in [0.717, 1.165) is 27.1 Å². The molecule has 0 spiro atoms. The topological polar surface area (TPSA) is 91.6 Å². The van der Waals surface area contributed by atoms with E-state index in [1.54, 1.807) is 6.08 Å². The molecule has 166 valence electrons. The van der Waals surface area contributed by atoms with Crippen molar-refractivity contribution < 1.29 is 19.5 Å². The van der Waals surface area contributed by atoms with Crippen molar-refractivity contribution in [1.29, 1.82) is 0 Å². The summed E-state index contributed by atoms with van der Waals surface area (Å²) < 4.78 is 2.97. The normalized spacial score (nSPS) is 15.2. The Morgan fingerprint density at radius 1 is 1.06 bits per heavy atom. The number of carbonyl (C=O) groups excluding carboxylic acids is 2. The van der Waals surface area contributed by atoms with Gasteiger partial charge in [-0.15, -0.1) is 0 Å². The van der Waals surface area contributed by atoms with Gasteiger partial charge in [0.25, 0.3) is 11.8 Å². The van der Waals surface area contributed by atoms with Crippen LogP contribution in [-0.2, 0) is 9.59 Å². The Hall–Kier alpha value is -3.56. The smallest absolute Gasteiger partial charge is 0.335 e. The molecule has 0 unspecified atom stereocenters. The molecule has 4 rings (SSSR count). The van der Waals surface area contributed by atoms with Crippen molar-refractivity contribution in [1.82, 2.24) is 9.88 Å². The number of aromatic carboxylic acids is 1. The van der Waals surface area contributed by atoms with Crippen LogP contribution in [0.1, 0.15) is 27.3 Å². The zero-order chi connectivity index (χ0) is 23.9. The minimum atomic E-state index is -1.08. The summed E-state index contributed by atoms with van der Waals surface area (Å²) in [5.74, 6) is -2.25. The van der Waals surface area contributed by atoms with Crippen LogP contribution in [-0.4, -0.2) is 32.6 Å². The van der Waals surface area contributed by atoms with Crippen LogP contribution < -0.4 is 10.2 Å². The summed E-state index contributed by atoms with van der Waals surface area (Å²) in [6.07, 6.45) is 1.55. The number of carboxylic acid groups (broad SMARTS) is 1. The van der Waals surface area contributed by atoms with Crippen LogP contribution >= 0.6 is 28.1 Å². The molecule has 1 aliphatic heterocycles. The van der Waals surface area contributed by atoms with Crippen LogP contribution in [0, 0.1) is 13.8 Å². The van der Waals surface area contributed by atoms with Crippen molar-refractivity contribution in [3.8, 4) is 5.69 Å². The Morgan fingerprint density at radius 2 is 1.76 bits per heavy atom. The number of carbonyl (C=O) groups is 3. The highest BCUT2D eigenvalue weighted by Crippen LogP contribution is 2.27. The highest BCUT2D eigenvalue weighted by molar-refractivity contribution is 9.10. The van der Waals surface area contributed by atoms with Gasteiger partial charge in [0.15, 0.2) is 5.11 Å². The van der Waals surface area contributed by atoms with E-state index in [0.29, 0.717) is 5.69 Å². The molecule has 0 radical (unpaired) electrons. The number of carboxylic acids is 1. The Balaban J connectivity index is 1.74. The van der Waals surface area contributed by atoms with Gasteiger partial charge in [0, 0.05) is 21.5 Å². The fraction of sp³-hybridized carbons (Fsp3) is 0.0833. The molecule has 7 nitrogen and oxygen atoms in total. The molecule has 0 atom stereocenters. The lowest BCUT2D eigenvalue weighted by Gasteiger charge is -2.29. The predicted octanol–water partition coefficient (Wildman–Crippen LogP) is 4.39. The number of hydrogen-bond acceptors (Lipinski definition) is 4. The van der Waals surface area contributed by atoms with Crippen LogP contribution in [0.25, 0.3) is 11.8 Å². The lowest BCUT2D eigenvalue weighted by Crippen LogP contribution is -2.54. The van der Waals surface area contributed by atoms with Gasteiger partial charge in [-0.05, 0) is 86.2 Å². The standard InChI is InChI=1S/C24H18BrN3O4S/c1-13-10-16(14(2)27(13)19-5-3-4-17(25)12-19)11-20-21(29)26-24(33)28(22(20)30)18-8-6-15(7-9-18)23(31)32/h3-12H,1-2H3,(H,31,32)(H,26,29,33)/b20-11+. The minimum absolute atomic E-state index is 0.0650. The molecule has 2 amide bonds. The molecule has 2 N–H and O–H groups in total. The Bertz CT molecular complexity index is 1360.